The van der Waals surface area contributed by atoms with Crippen molar-refractivity contribution in [3.8, 4) is 0 Å². The van der Waals surface area contributed by atoms with Crippen LogP contribution in [-0.2, 0) is 25.6 Å². The van der Waals surface area contributed by atoms with Crippen LogP contribution in [0, 0.1) is 20.2 Å². The maximum absolute atomic E-state index is 11.7. The average Bonchev–Trinajstić information content (AvgIpc) is 2.96. The van der Waals surface area contributed by atoms with E-state index in [1.54, 1.807) is 0 Å². The van der Waals surface area contributed by atoms with Gasteiger partial charge in [-0.1, -0.05) is 12.8 Å². The number of hydrogen-bond acceptors (Lipinski definition) is 8. The molecule has 0 radical (unpaired) electrons. The van der Waals surface area contributed by atoms with Gasteiger partial charge in [-0.05, 0) is 25.3 Å². The molecule has 0 aromatic heterocycles. The number of nitro benzene ring substituents is 2. The normalized spacial score (nSPS) is 13.6. The van der Waals surface area contributed by atoms with Crippen molar-refractivity contribution in [3.05, 3.63) is 44.0 Å². The zero-order chi connectivity index (χ0) is 20.7. The Morgan fingerprint density at radius 1 is 1.00 bits per heavy atom. The molecule has 11 nitrogen and oxygen atoms in total. The van der Waals surface area contributed by atoms with Crippen LogP contribution in [0.1, 0.15) is 50.5 Å². The molecule has 150 valence electrons. The van der Waals surface area contributed by atoms with Gasteiger partial charge in [0.15, 0.2) is 0 Å². The molecule has 1 aliphatic rings. The molecule has 0 spiro atoms. The number of nitrogens with zero attached hydrogens (tertiary/aromatic N) is 3. The van der Waals surface area contributed by atoms with E-state index in [1.165, 1.54) is 12.1 Å². The number of carbonyl (C=O) groups is 3. The molecule has 0 saturated carbocycles. The summed E-state index contributed by atoms with van der Waals surface area (Å²) in [6.45, 7) is 0. The predicted octanol–water partition coefficient (Wildman–Crippen LogP) is 2.60. The van der Waals surface area contributed by atoms with Gasteiger partial charge in [0.25, 0.3) is 23.2 Å². The summed E-state index contributed by atoms with van der Waals surface area (Å²) in [5.41, 5.74) is -0.192. The zero-order valence-electron chi connectivity index (χ0n) is 15.0. The second-order valence-corrected chi connectivity index (χ2v) is 6.29. The van der Waals surface area contributed by atoms with Crippen LogP contribution < -0.4 is 0 Å². The van der Waals surface area contributed by atoms with Gasteiger partial charge in [0.05, 0.1) is 15.9 Å². The van der Waals surface area contributed by atoms with E-state index < -0.39 is 27.6 Å². The standard InChI is InChI=1S/C17H19N3O8/c21-15-9-10-16(22)18(15)28-17(23)6-4-2-1-3-5-12-7-8-13(19(24)25)11-14(12)20(26)27/h7-8,11H,1-6,9-10H2. The minimum atomic E-state index is -0.681. The molecule has 1 aliphatic heterocycles. The molecule has 0 unspecified atom stereocenters. The first-order valence-electron chi connectivity index (χ1n) is 8.78. The molecule has 1 aromatic rings. The van der Waals surface area contributed by atoms with Crippen molar-refractivity contribution in [1.82, 2.24) is 5.06 Å². The van der Waals surface area contributed by atoms with Gasteiger partial charge in [-0.15, -0.1) is 5.06 Å². The van der Waals surface area contributed by atoms with Gasteiger partial charge in [-0.25, -0.2) is 4.79 Å². The quantitative estimate of drug-likeness (QED) is 0.255. The van der Waals surface area contributed by atoms with Crippen LogP contribution in [0.15, 0.2) is 18.2 Å². The van der Waals surface area contributed by atoms with Gasteiger partial charge in [-0.2, -0.15) is 0 Å². The van der Waals surface area contributed by atoms with Gasteiger partial charge in [0.1, 0.15) is 0 Å². The number of aryl methyl sites for hydroxylation is 1. The number of non-ortho nitro benzene ring substituents is 1. The lowest BCUT2D eigenvalue weighted by molar-refractivity contribution is -0.394. The molecule has 0 aliphatic carbocycles. The number of rotatable bonds is 10. The second-order valence-electron chi connectivity index (χ2n) is 6.29. The van der Waals surface area contributed by atoms with Crippen molar-refractivity contribution in [3.63, 3.8) is 0 Å². The molecular weight excluding hydrogens is 374 g/mol. The molecule has 0 N–H and O–H groups in total. The van der Waals surface area contributed by atoms with E-state index in [9.17, 15) is 34.6 Å². The van der Waals surface area contributed by atoms with Gasteiger partial charge < -0.3 is 4.84 Å². The smallest absolute Gasteiger partial charge is 0.330 e. The van der Waals surface area contributed by atoms with E-state index >= 15 is 0 Å². The van der Waals surface area contributed by atoms with Crippen molar-refractivity contribution in [1.29, 1.82) is 0 Å². The fraction of sp³-hybridized carbons (Fsp3) is 0.471. The van der Waals surface area contributed by atoms with E-state index in [2.05, 4.69) is 0 Å². The Bertz CT molecular complexity index is 792. The predicted molar refractivity (Wildman–Crippen MR) is 93.7 cm³/mol. The van der Waals surface area contributed by atoms with E-state index in [1.807, 2.05) is 0 Å². The van der Waals surface area contributed by atoms with Crippen molar-refractivity contribution in [2.24, 2.45) is 0 Å². The summed E-state index contributed by atoms with van der Waals surface area (Å²) in [7, 11) is 0. The second kappa shape index (κ2) is 9.53. The minimum Gasteiger partial charge on any atom is -0.330 e. The molecule has 1 aromatic carbocycles. The number of imide groups is 1. The molecule has 0 bridgehead atoms. The summed E-state index contributed by atoms with van der Waals surface area (Å²) in [4.78, 5) is 59.6. The monoisotopic (exact) mass is 393 g/mol. The maximum Gasteiger partial charge on any atom is 0.333 e. The van der Waals surface area contributed by atoms with E-state index in [0.29, 0.717) is 42.7 Å². The lowest BCUT2D eigenvalue weighted by Crippen LogP contribution is -2.31. The number of hydroxylamine groups is 2. The first kappa shape index (κ1) is 20.9. The Kier molecular flexibility index (Phi) is 7.13. The highest BCUT2D eigenvalue weighted by Crippen LogP contribution is 2.26. The molecule has 1 heterocycles. The van der Waals surface area contributed by atoms with Crippen LogP contribution in [0.2, 0.25) is 0 Å². The van der Waals surface area contributed by atoms with Crippen LogP contribution in [0.4, 0.5) is 11.4 Å². The highest BCUT2D eigenvalue weighted by atomic mass is 16.7. The Balaban J connectivity index is 1.71. The molecular formula is C17H19N3O8. The lowest BCUT2D eigenvalue weighted by Gasteiger charge is -2.12. The van der Waals surface area contributed by atoms with Crippen LogP contribution in [0.5, 0.6) is 0 Å². The van der Waals surface area contributed by atoms with Crippen molar-refractivity contribution in [2.75, 3.05) is 0 Å². The number of amides is 2. The number of carbonyl (C=O) groups excluding carboxylic acids is 3. The fourth-order valence-corrected chi connectivity index (χ4v) is 2.79. The van der Waals surface area contributed by atoms with Crippen LogP contribution >= 0.6 is 0 Å². The topological polar surface area (TPSA) is 150 Å². The molecule has 11 heteroatoms. The van der Waals surface area contributed by atoms with Crippen molar-refractivity contribution < 1.29 is 29.1 Å². The number of hydrogen-bond donors (Lipinski definition) is 0. The number of unbranched alkanes of at least 4 members (excludes halogenated alkanes) is 3. The third-order valence-corrected chi connectivity index (χ3v) is 4.25. The molecule has 2 rings (SSSR count). The van der Waals surface area contributed by atoms with Gasteiger partial charge in [0.2, 0.25) is 0 Å². The summed E-state index contributed by atoms with van der Waals surface area (Å²) in [5, 5.41) is 22.3. The molecule has 1 fully saturated rings. The summed E-state index contributed by atoms with van der Waals surface area (Å²) < 4.78 is 0. The third kappa shape index (κ3) is 5.56. The SMILES string of the molecule is O=C(CCCCCCc1ccc([N+](=O)[O-])cc1[N+](=O)[O-])ON1C(=O)CCC1=O. The van der Waals surface area contributed by atoms with Crippen LogP contribution in [0.3, 0.4) is 0 Å². The number of nitro groups is 2. The highest BCUT2D eigenvalue weighted by molar-refractivity contribution is 6.01. The first-order valence-corrected chi connectivity index (χ1v) is 8.78. The maximum atomic E-state index is 11.7. The largest absolute Gasteiger partial charge is 0.333 e. The summed E-state index contributed by atoms with van der Waals surface area (Å²) in [5.74, 6) is -1.71. The Hall–Kier alpha value is -3.37. The van der Waals surface area contributed by atoms with Crippen LogP contribution in [-0.4, -0.2) is 32.7 Å². The van der Waals surface area contributed by atoms with Crippen molar-refractivity contribution >= 4 is 29.2 Å². The first-order chi connectivity index (χ1) is 13.3. The van der Waals surface area contributed by atoms with E-state index in [4.69, 9.17) is 4.84 Å². The average molecular weight is 393 g/mol. The van der Waals surface area contributed by atoms with E-state index in [0.717, 1.165) is 6.07 Å². The fourth-order valence-electron chi connectivity index (χ4n) is 2.79. The summed E-state index contributed by atoms with van der Waals surface area (Å²) in [6.07, 6.45) is 2.95. The van der Waals surface area contributed by atoms with Gasteiger partial charge >= 0.3 is 5.97 Å². The van der Waals surface area contributed by atoms with E-state index in [-0.39, 0.29) is 30.6 Å². The number of benzene rings is 1. The van der Waals surface area contributed by atoms with Crippen molar-refractivity contribution in [2.45, 2.75) is 51.4 Å². The summed E-state index contributed by atoms with van der Waals surface area (Å²) >= 11 is 0. The molecule has 2 amide bonds. The molecule has 0 atom stereocenters. The van der Waals surface area contributed by atoms with Gasteiger partial charge in [0, 0.05) is 30.9 Å². The molecule has 1 saturated heterocycles. The zero-order valence-corrected chi connectivity index (χ0v) is 15.0. The molecule has 28 heavy (non-hydrogen) atoms. The minimum absolute atomic E-state index is 0.0426. The Labute approximate surface area is 159 Å². The highest BCUT2D eigenvalue weighted by Gasteiger charge is 2.32. The Morgan fingerprint density at radius 3 is 2.25 bits per heavy atom. The Morgan fingerprint density at radius 2 is 1.64 bits per heavy atom. The van der Waals surface area contributed by atoms with Crippen LogP contribution in [0.25, 0.3) is 0 Å². The lowest BCUT2D eigenvalue weighted by atomic mass is 10.0. The summed E-state index contributed by atoms with van der Waals surface area (Å²) in [6, 6.07) is 3.57. The third-order valence-electron chi connectivity index (χ3n) is 4.25. The van der Waals surface area contributed by atoms with Gasteiger partial charge in [-0.3, -0.25) is 29.8 Å².